The molecule has 0 unspecified atom stereocenters. The third kappa shape index (κ3) is 5.63. The molecule has 1 atom stereocenters. The monoisotopic (exact) mass is 305 g/mol. The maximum Gasteiger partial charge on any atom is 0.407 e. The predicted octanol–water partition coefficient (Wildman–Crippen LogP) is 2.53. The van der Waals surface area contributed by atoms with Crippen LogP contribution in [0.25, 0.3) is 0 Å². The molecule has 0 fully saturated rings. The van der Waals surface area contributed by atoms with Crippen LogP contribution in [0.15, 0.2) is 12.1 Å². The average molecular weight is 305 g/mol. The second kappa shape index (κ2) is 6.80. The van der Waals surface area contributed by atoms with Crippen LogP contribution in [0.4, 0.5) is 18.0 Å². The number of carbonyl (C=O) groups is 1. The van der Waals surface area contributed by atoms with Crippen molar-refractivity contribution in [3.8, 4) is 0 Å². The number of alkyl carbamates (subject to hydrolysis) is 1. The van der Waals surface area contributed by atoms with Gasteiger partial charge in [-0.15, -0.1) is 0 Å². The summed E-state index contributed by atoms with van der Waals surface area (Å²) in [5.74, 6) is -3.43. The number of rotatable bonds is 4. The average Bonchev–Trinajstić information content (AvgIpc) is 2.32. The molecule has 0 spiro atoms. The van der Waals surface area contributed by atoms with Crippen molar-refractivity contribution in [3.63, 3.8) is 0 Å². The van der Waals surface area contributed by atoms with E-state index in [0.717, 1.165) is 0 Å². The second-order valence-corrected chi connectivity index (χ2v) is 5.59. The van der Waals surface area contributed by atoms with E-state index >= 15 is 0 Å². The number of hydrogen-bond donors (Lipinski definition) is 2. The van der Waals surface area contributed by atoms with Crippen LogP contribution >= 0.6 is 0 Å². The lowest BCUT2D eigenvalue weighted by Crippen LogP contribution is -2.42. The number of hydrogen-bond acceptors (Lipinski definition) is 3. The standard InChI is InChI=1S/C14H18F3NO3/c1-14(2,3)21-13(20)18-9(7-19)4-8-5-11(16)12(17)6-10(8)15/h5-6,9,19H,4,7H2,1-3H3,(H,18,20)/t9-/m1/s1. The van der Waals surface area contributed by atoms with E-state index in [1.807, 2.05) is 0 Å². The van der Waals surface area contributed by atoms with Crippen molar-refractivity contribution in [1.29, 1.82) is 0 Å². The van der Waals surface area contributed by atoms with Gasteiger partial charge >= 0.3 is 6.09 Å². The first-order valence-electron chi connectivity index (χ1n) is 6.36. The van der Waals surface area contributed by atoms with Crippen molar-refractivity contribution in [1.82, 2.24) is 5.32 Å². The van der Waals surface area contributed by atoms with E-state index < -0.39 is 41.8 Å². The highest BCUT2D eigenvalue weighted by Crippen LogP contribution is 2.15. The minimum atomic E-state index is -1.29. The Morgan fingerprint density at radius 3 is 2.33 bits per heavy atom. The molecule has 0 aliphatic carbocycles. The van der Waals surface area contributed by atoms with Crippen molar-refractivity contribution < 1.29 is 27.8 Å². The van der Waals surface area contributed by atoms with Crippen LogP contribution in [0.2, 0.25) is 0 Å². The summed E-state index contributed by atoms with van der Waals surface area (Å²) in [6.45, 7) is 4.48. The van der Waals surface area contributed by atoms with Crippen molar-refractivity contribution in [2.45, 2.75) is 38.8 Å². The van der Waals surface area contributed by atoms with E-state index in [9.17, 15) is 23.1 Å². The van der Waals surface area contributed by atoms with Gasteiger partial charge in [-0.2, -0.15) is 0 Å². The summed E-state index contributed by atoms with van der Waals surface area (Å²) in [4.78, 5) is 11.6. The fourth-order valence-electron chi connectivity index (χ4n) is 1.62. The van der Waals surface area contributed by atoms with Crippen LogP contribution < -0.4 is 5.32 Å². The Morgan fingerprint density at radius 2 is 1.81 bits per heavy atom. The van der Waals surface area contributed by atoms with Crippen LogP contribution in [-0.4, -0.2) is 29.4 Å². The molecule has 1 aromatic rings. The third-order valence-electron chi connectivity index (χ3n) is 2.50. The SMILES string of the molecule is CC(C)(C)OC(=O)N[C@@H](CO)Cc1cc(F)c(F)cc1F. The van der Waals surface area contributed by atoms with Crippen LogP contribution in [0.3, 0.4) is 0 Å². The van der Waals surface area contributed by atoms with E-state index in [-0.39, 0.29) is 12.0 Å². The molecule has 0 heterocycles. The highest BCUT2D eigenvalue weighted by Gasteiger charge is 2.21. The summed E-state index contributed by atoms with van der Waals surface area (Å²) in [5.41, 5.74) is -0.874. The quantitative estimate of drug-likeness (QED) is 0.840. The Balaban J connectivity index is 2.75. The molecule has 0 saturated heterocycles. The van der Waals surface area contributed by atoms with Crippen molar-refractivity contribution in [2.24, 2.45) is 0 Å². The van der Waals surface area contributed by atoms with E-state index in [1.54, 1.807) is 20.8 Å². The van der Waals surface area contributed by atoms with Crippen molar-refractivity contribution >= 4 is 6.09 Å². The van der Waals surface area contributed by atoms with Gasteiger partial charge in [0.15, 0.2) is 11.6 Å². The Bertz CT molecular complexity index is 515. The van der Waals surface area contributed by atoms with Crippen molar-refractivity contribution in [2.75, 3.05) is 6.61 Å². The molecular weight excluding hydrogens is 287 g/mol. The van der Waals surface area contributed by atoms with Gasteiger partial charge in [0.2, 0.25) is 0 Å². The highest BCUT2D eigenvalue weighted by molar-refractivity contribution is 5.68. The van der Waals surface area contributed by atoms with Gasteiger partial charge in [0.05, 0.1) is 12.6 Å². The normalized spacial score (nSPS) is 12.9. The molecule has 0 aliphatic heterocycles. The highest BCUT2D eigenvalue weighted by atomic mass is 19.2. The number of amides is 1. The molecule has 1 rings (SSSR count). The first-order chi connectivity index (χ1) is 9.62. The van der Waals surface area contributed by atoms with Gasteiger partial charge in [0.1, 0.15) is 11.4 Å². The zero-order chi connectivity index (χ0) is 16.2. The summed E-state index contributed by atoms with van der Waals surface area (Å²) in [5, 5.41) is 11.5. The van der Waals surface area contributed by atoms with Crippen LogP contribution in [0.1, 0.15) is 26.3 Å². The van der Waals surface area contributed by atoms with Crippen LogP contribution in [0.5, 0.6) is 0 Å². The van der Waals surface area contributed by atoms with E-state index in [0.29, 0.717) is 12.1 Å². The first-order valence-corrected chi connectivity index (χ1v) is 6.36. The zero-order valence-electron chi connectivity index (χ0n) is 12.0. The zero-order valence-corrected chi connectivity index (χ0v) is 12.0. The van der Waals surface area contributed by atoms with E-state index in [2.05, 4.69) is 5.32 Å². The number of nitrogens with one attached hydrogen (secondary N) is 1. The number of benzene rings is 1. The lowest BCUT2D eigenvalue weighted by Gasteiger charge is -2.23. The largest absolute Gasteiger partial charge is 0.444 e. The Hall–Kier alpha value is -1.76. The molecule has 0 radical (unpaired) electrons. The number of aliphatic hydroxyl groups is 1. The van der Waals surface area contributed by atoms with Crippen LogP contribution in [0, 0.1) is 17.5 Å². The molecule has 0 aliphatic rings. The molecule has 7 heteroatoms. The molecule has 2 N–H and O–H groups in total. The minimum Gasteiger partial charge on any atom is -0.444 e. The maximum atomic E-state index is 13.5. The molecule has 1 amide bonds. The van der Waals surface area contributed by atoms with Gasteiger partial charge in [-0.05, 0) is 38.8 Å². The summed E-state index contributed by atoms with van der Waals surface area (Å²) in [6, 6.07) is 0.246. The summed E-state index contributed by atoms with van der Waals surface area (Å²) in [7, 11) is 0. The Kier molecular flexibility index (Phi) is 5.60. The maximum absolute atomic E-state index is 13.5. The van der Waals surface area contributed by atoms with Gasteiger partial charge in [-0.3, -0.25) is 0 Å². The summed E-state index contributed by atoms with van der Waals surface area (Å²) < 4.78 is 44.4. The fraction of sp³-hybridized carbons (Fsp3) is 0.500. The molecule has 4 nitrogen and oxygen atoms in total. The van der Waals surface area contributed by atoms with E-state index in [1.165, 1.54) is 0 Å². The van der Waals surface area contributed by atoms with Gasteiger partial charge in [-0.1, -0.05) is 0 Å². The van der Waals surface area contributed by atoms with Gasteiger partial charge in [0, 0.05) is 6.07 Å². The molecule has 118 valence electrons. The first kappa shape index (κ1) is 17.3. The van der Waals surface area contributed by atoms with E-state index in [4.69, 9.17) is 4.74 Å². The number of ether oxygens (including phenoxy) is 1. The topological polar surface area (TPSA) is 58.6 Å². The molecule has 0 bridgehead atoms. The number of carbonyl (C=O) groups excluding carboxylic acids is 1. The molecule has 0 aromatic heterocycles. The number of aliphatic hydroxyl groups excluding tert-OH is 1. The summed E-state index contributed by atoms with van der Waals surface area (Å²) in [6.07, 6.45) is -0.983. The van der Waals surface area contributed by atoms with Crippen molar-refractivity contribution in [3.05, 3.63) is 35.1 Å². The molecule has 0 saturated carbocycles. The third-order valence-corrected chi connectivity index (χ3v) is 2.50. The lowest BCUT2D eigenvalue weighted by molar-refractivity contribution is 0.0482. The van der Waals surface area contributed by atoms with Crippen LogP contribution in [-0.2, 0) is 11.2 Å². The molecular formula is C14H18F3NO3. The second-order valence-electron chi connectivity index (χ2n) is 5.59. The number of halogens is 3. The van der Waals surface area contributed by atoms with Gasteiger partial charge in [-0.25, -0.2) is 18.0 Å². The Labute approximate surface area is 120 Å². The lowest BCUT2D eigenvalue weighted by atomic mass is 10.1. The predicted molar refractivity (Wildman–Crippen MR) is 70.3 cm³/mol. The Morgan fingerprint density at radius 1 is 1.24 bits per heavy atom. The fourth-order valence-corrected chi connectivity index (χ4v) is 1.62. The molecule has 21 heavy (non-hydrogen) atoms. The summed E-state index contributed by atoms with van der Waals surface area (Å²) >= 11 is 0. The minimum absolute atomic E-state index is 0.149. The van der Waals surface area contributed by atoms with Gasteiger partial charge in [0.25, 0.3) is 0 Å². The smallest absolute Gasteiger partial charge is 0.407 e. The van der Waals surface area contributed by atoms with Gasteiger partial charge < -0.3 is 15.2 Å². The molecule has 1 aromatic carbocycles.